The van der Waals surface area contributed by atoms with Crippen molar-refractivity contribution in [2.24, 2.45) is 0 Å². The standard InChI is InChI=1S/C51H82O18P2/c1-3-5-7-9-11-13-15-17-18-19-20-21-22-23-25-27-29-31-33-37-44(54)65-39-41(40-66-71(63,64)69-51-48(58)46(56)47(57)50(49(51)59)68-70(60,61)62)67-45(55)38-34-36-43(53)42(52)35-32-30-28-26-24-16-14-12-10-8-6-4-2/h6,8,11-14,17-18,20-21,23-26,29-32,41-43,46-53,56-59H,3-5,7,9-10,15-16,19,22,27-28,33-40H2,1-2H3,(H,63,64)(H2,60,61,62)/b8-6-,13-11-,14-12-,18-17-,21-20-,25-23-,26-24-,31-29-,32-30-/t41-,42-,43-,46?,47?,48?,49?,50-,51+/m1/s1. The van der Waals surface area contributed by atoms with Crippen molar-refractivity contribution in [2.45, 2.75) is 184 Å². The molecule has 1 saturated carbocycles. The number of phosphoric ester groups is 2. The molecule has 0 aliphatic heterocycles. The molecule has 1 fully saturated rings. The number of hydrogen-bond acceptors (Lipinski definition) is 15. The van der Waals surface area contributed by atoms with Gasteiger partial charge in [-0.05, 0) is 89.9 Å². The van der Waals surface area contributed by atoms with E-state index < -0.39 is 95.7 Å². The zero-order chi connectivity index (χ0) is 52.8. The fourth-order valence-corrected chi connectivity index (χ4v) is 8.16. The van der Waals surface area contributed by atoms with Crippen molar-refractivity contribution in [3.05, 3.63) is 109 Å². The average molecular weight is 1050 g/mol. The number of ether oxygens (including phenoxy) is 2. The number of esters is 2. The summed E-state index contributed by atoms with van der Waals surface area (Å²) in [4.78, 5) is 54.4. The molecular weight excluding hydrogens is 962 g/mol. The highest BCUT2D eigenvalue weighted by Gasteiger charge is 2.54. The Labute approximate surface area is 420 Å². The van der Waals surface area contributed by atoms with E-state index in [1.165, 1.54) is 19.3 Å². The molecule has 0 aromatic heterocycles. The zero-order valence-corrected chi connectivity index (χ0v) is 43.1. The second-order valence-corrected chi connectivity index (χ2v) is 19.3. The van der Waals surface area contributed by atoms with E-state index in [4.69, 9.17) is 18.5 Å². The van der Waals surface area contributed by atoms with Gasteiger partial charge in [-0.2, -0.15) is 0 Å². The summed E-state index contributed by atoms with van der Waals surface area (Å²) in [6.07, 6.45) is 30.6. The summed E-state index contributed by atoms with van der Waals surface area (Å²) in [5.74, 6) is -1.60. The third-order valence-corrected chi connectivity index (χ3v) is 12.0. The Kier molecular flexibility index (Phi) is 37.0. The summed E-state index contributed by atoms with van der Waals surface area (Å²) in [5, 5.41) is 62.2. The van der Waals surface area contributed by atoms with Crippen LogP contribution in [0.5, 0.6) is 0 Å². The van der Waals surface area contributed by atoms with Crippen LogP contribution >= 0.6 is 15.6 Å². The molecule has 1 aliphatic carbocycles. The van der Waals surface area contributed by atoms with Gasteiger partial charge in [0.2, 0.25) is 0 Å². The lowest BCUT2D eigenvalue weighted by Gasteiger charge is -2.43. The molecule has 0 aromatic rings. The summed E-state index contributed by atoms with van der Waals surface area (Å²) in [6, 6.07) is 0. The predicted molar refractivity (Wildman–Crippen MR) is 271 cm³/mol. The van der Waals surface area contributed by atoms with Crippen molar-refractivity contribution in [1.82, 2.24) is 0 Å². The van der Waals surface area contributed by atoms with Crippen molar-refractivity contribution in [1.29, 1.82) is 0 Å². The number of allylic oxidation sites excluding steroid dienone is 17. The minimum atomic E-state index is -5.42. The molecule has 0 aromatic carbocycles. The summed E-state index contributed by atoms with van der Waals surface area (Å²) < 4.78 is 49.1. The third-order valence-electron chi connectivity index (χ3n) is 10.5. The van der Waals surface area contributed by atoms with Crippen LogP contribution in [-0.4, -0.2) is 125 Å². The predicted octanol–water partition coefficient (Wildman–Crippen LogP) is 7.67. The van der Waals surface area contributed by atoms with E-state index in [9.17, 15) is 64.0 Å². The number of carbonyl (C=O) groups excluding carboxylic acids is 2. The first-order valence-corrected chi connectivity index (χ1v) is 27.6. The monoisotopic (exact) mass is 1040 g/mol. The molecule has 9 N–H and O–H groups in total. The summed E-state index contributed by atoms with van der Waals surface area (Å²) in [7, 11) is -10.8. The maximum atomic E-state index is 13.0. The number of rotatable bonds is 39. The summed E-state index contributed by atoms with van der Waals surface area (Å²) >= 11 is 0. The number of unbranched alkanes of at least 4 members (excludes halogenated alkanes) is 3. The maximum absolute atomic E-state index is 13.0. The van der Waals surface area contributed by atoms with Crippen molar-refractivity contribution < 1.29 is 87.1 Å². The lowest BCUT2D eigenvalue weighted by Crippen LogP contribution is -2.64. The normalized spacial score (nSPS) is 22.7. The van der Waals surface area contributed by atoms with E-state index in [0.29, 0.717) is 19.3 Å². The number of phosphoric acid groups is 2. The quantitative estimate of drug-likeness (QED) is 0.0123. The molecule has 0 bridgehead atoms. The Balaban J connectivity index is 2.74. The summed E-state index contributed by atoms with van der Waals surface area (Å²) in [5.41, 5.74) is 0. The van der Waals surface area contributed by atoms with Crippen LogP contribution in [0.2, 0.25) is 0 Å². The minimum absolute atomic E-state index is 0.00880. The Morgan fingerprint density at radius 3 is 1.51 bits per heavy atom. The Hall–Kier alpha value is -3.42. The Morgan fingerprint density at radius 2 is 1.00 bits per heavy atom. The van der Waals surface area contributed by atoms with Crippen molar-refractivity contribution in [3.8, 4) is 0 Å². The van der Waals surface area contributed by atoms with Crippen LogP contribution in [0, 0.1) is 0 Å². The van der Waals surface area contributed by atoms with Crippen molar-refractivity contribution in [2.75, 3.05) is 13.2 Å². The van der Waals surface area contributed by atoms with Crippen LogP contribution in [0.15, 0.2) is 109 Å². The van der Waals surface area contributed by atoms with Crippen molar-refractivity contribution in [3.63, 3.8) is 0 Å². The van der Waals surface area contributed by atoms with Gasteiger partial charge in [-0.1, -0.05) is 136 Å². The van der Waals surface area contributed by atoms with E-state index in [0.717, 1.165) is 44.9 Å². The van der Waals surface area contributed by atoms with Gasteiger partial charge in [-0.25, -0.2) is 9.13 Å². The molecule has 1 aliphatic rings. The molecule has 20 heteroatoms. The number of aliphatic hydroxyl groups is 6. The van der Waals surface area contributed by atoms with Crippen LogP contribution in [0.4, 0.5) is 0 Å². The molecule has 5 unspecified atom stereocenters. The number of aliphatic hydroxyl groups excluding tert-OH is 6. The molecule has 10 atom stereocenters. The van der Waals surface area contributed by atoms with Crippen LogP contribution in [0.1, 0.15) is 129 Å². The van der Waals surface area contributed by atoms with Gasteiger partial charge in [0.1, 0.15) is 43.2 Å². The van der Waals surface area contributed by atoms with E-state index in [-0.39, 0.29) is 32.1 Å². The molecule has 0 amide bonds. The van der Waals surface area contributed by atoms with Gasteiger partial charge in [0.25, 0.3) is 0 Å². The molecule has 18 nitrogen and oxygen atoms in total. The lowest BCUT2D eigenvalue weighted by atomic mass is 9.85. The van der Waals surface area contributed by atoms with Gasteiger partial charge in [0, 0.05) is 12.8 Å². The van der Waals surface area contributed by atoms with E-state index >= 15 is 0 Å². The highest BCUT2D eigenvalue weighted by molar-refractivity contribution is 7.47. The maximum Gasteiger partial charge on any atom is 0.472 e. The third kappa shape index (κ3) is 33.8. The number of hydrogen-bond donors (Lipinski definition) is 9. The van der Waals surface area contributed by atoms with Crippen LogP contribution in [-0.2, 0) is 41.8 Å². The van der Waals surface area contributed by atoms with Crippen LogP contribution < -0.4 is 0 Å². The second-order valence-electron chi connectivity index (χ2n) is 16.8. The van der Waals surface area contributed by atoms with Gasteiger partial charge in [0.15, 0.2) is 6.10 Å². The van der Waals surface area contributed by atoms with Gasteiger partial charge >= 0.3 is 27.6 Å². The lowest BCUT2D eigenvalue weighted by molar-refractivity contribution is -0.216. The molecule has 404 valence electrons. The SMILES string of the molecule is CC/C=C\C/C=C\C/C=C\C/C=C\C[C@@H](O)[C@H](O)CCCC(=O)O[C@H](COC(=O)CC/C=C\C/C=C\C/C=C\C/C=C\C/C=C\CCCCC)COP(=O)(O)O[C@H]1C(O)C(O)C(O)[C@@H](OP(=O)(O)O)C1O. The zero-order valence-electron chi connectivity index (χ0n) is 41.3. The molecule has 0 heterocycles. The molecular formula is C51H82O18P2. The second kappa shape index (κ2) is 40.0. The van der Waals surface area contributed by atoms with Crippen molar-refractivity contribution >= 4 is 27.6 Å². The van der Waals surface area contributed by atoms with Crippen LogP contribution in [0.3, 0.4) is 0 Å². The van der Waals surface area contributed by atoms with E-state index in [1.54, 1.807) is 12.2 Å². The fraction of sp³-hybridized carbons (Fsp3) is 0.608. The van der Waals surface area contributed by atoms with Gasteiger partial charge in [0.05, 0.1) is 18.8 Å². The van der Waals surface area contributed by atoms with E-state index in [1.807, 2.05) is 36.5 Å². The van der Waals surface area contributed by atoms with Crippen LogP contribution in [0.25, 0.3) is 0 Å². The molecule has 1 rings (SSSR count). The molecule has 0 radical (unpaired) electrons. The Bertz CT molecular complexity index is 1820. The highest BCUT2D eigenvalue weighted by atomic mass is 31.2. The largest absolute Gasteiger partial charge is 0.472 e. The van der Waals surface area contributed by atoms with E-state index in [2.05, 4.69) is 79.1 Å². The molecule has 71 heavy (non-hydrogen) atoms. The first-order valence-electron chi connectivity index (χ1n) is 24.6. The Morgan fingerprint density at radius 1 is 0.521 bits per heavy atom. The smallest absolute Gasteiger partial charge is 0.462 e. The number of carbonyl (C=O) groups is 2. The first-order chi connectivity index (χ1) is 33.9. The average Bonchev–Trinajstić information content (AvgIpc) is 3.32. The summed E-state index contributed by atoms with van der Waals surface area (Å²) in [6.45, 7) is 2.65. The van der Waals surface area contributed by atoms with Gasteiger partial charge in [-0.3, -0.25) is 23.2 Å². The molecule has 0 spiro atoms. The highest BCUT2D eigenvalue weighted by Crippen LogP contribution is 2.49. The topological polar surface area (TPSA) is 296 Å². The van der Waals surface area contributed by atoms with Gasteiger partial charge < -0.3 is 54.8 Å². The fourth-order valence-electron chi connectivity index (χ4n) is 6.62. The van der Waals surface area contributed by atoms with Gasteiger partial charge in [-0.15, -0.1) is 0 Å². The minimum Gasteiger partial charge on any atom is -0.462 e. The molecule has 0 saturated heterocycles. The first kappa shape index (κ1) is 65.6.